The molecule has 0 aliphatic rings. The second-order valence-electron chi connectivity index (χ2n) is 4.77. The quantitative estimate of drug-likeness (QED) is 0.395. The minimum atomic E-state index is 0.688. The number of ether oxygens (including phenoxy) is 2. The van der Waals surface area contributed by atoms with Gasteiger partial charge in [0.2, 0.25) is 0 Å². The molecule has 1 rings (SSSR count). The number of hydrogen-bond acceptors (Lipinski definition) is 3. The highest BCUT2D eigenvalue weighted by molar-refractivity contribution is 5.79. The van der Waals surface area contributed by atoms with Crippen LogP contribution in [-0.4, -0.2) is 45.9 Å². The third kappa shape index (κ3) is 7.31. The molecule has 5 heteroatoms. The molecule has 0 bridgehead atoms. The summed E-state index contributed by atoms with van der Waals surface area (Å²) in [5.41, 5.74) is 1.21. The van der Waals surface area contributed by atoms with Crippen molar-refractivity contribution in [2.45, 2.75) is 26.7 Å². The van der Waals surface area contributed by atoms with Crippen LogP contribution in [0, 0.1) is 0 Å². The Morgan fingerprint density at radius 1 is 1.09 bits per heavy atom. The van der Waals surface area contributed by atoms with Crippen LogP contribution in [0.3, 0.4) is 0 Å². The first-order valence-corrected chi connectivity index (χ1v) is 8.04. The van der Waals surface area contributed by atoms with Crippen LogP contribution in [0.1, 0.15) is 25.8 Å². The molecule has 0 saturated carbocycles. The third-order valence-electron chi connectivity index (χ3n) is 3.14. The Kier molecular flexibility index (Phi) is 9.87. The van der Waals surface area contributed by atoms with Gasteiger partial charge in [0.1, 0.15) is 5.75 Å². The van der Waals surface area contributed by atoms with Gasteiger partial charge in [-0.05, 0) is 38.3 Å². The number of nitrogens with one attached hydrogen (secondary N) is 2. The summed E-state index contributed by atoms with van der Waals surface area (Å²) in [6, 6.07) is 8.16. The number of para-hydroxylation sites is 1. The molecule has 2 N–H and O–H groups in total. The number of aliphatic imine (C=N–C) groups is 1. The van der Waals surface area contributed by atoms with Crippen LogP contribution in [0.4, 0.5) is 0 Å². The molecule has 0 fully saturated rings. The van der Waals surface area contributed by atoms with E-state index in [1.54, 1.807) is 7.05 Å². The number of guanidine groups is 1. The van der Waals surface area contributed by atoms with Crippen LogP contribution in [0.25, 0.3) is 0 Å². The zero-order valence-electron chi connectivity index (χ0n) is 14.0. The standard InChI is InChI=1S/C17H29N3O2/c1-4-21-14-8-12-19-17(18-3)20-13-11-15-9-6-7-10-16(15)22-5-2/h6-7,9-10H,4-5,8,11-14H2,1-3H3,(H2,18,19,20). The minimum absolute atomic E-state index is 0.688. The SMILES string of the molecule is CCOCCCNC(=NC)NCCc1ccccc1OCC. The van der Waals surface area contributed by atoms with Crippen molar-refractivity contribution in [1.82, 2.24) is 10.6 Å². The van der Waals surface area contributed by atoms with Crippen molar-refractivity contribution in [2.24, 2.45) is 4.99 Å². The predicted octanol–water partition coefficient (Wildman–Crippen LogP) is 2.22. The molecule has 1 aromatic rings. The van der Waals surface area contributed by atoms with E-state index in [4.69, 9.17) is 9.47 Å². The summed E-state index contributed by atoms with van der Waals surface area (Å²) in [6.07, 6.45) is 1.87. The van der Waals surface area contributed by atoms with Gasteiger partial charge in [0.05, 0.1) is 6.61 Å². The van der Waals surface area contributed by atoms with E-state index in [1.165, 1.54) is 5.56 Å². The Hall–Kier alpha value is -1.75. The fourth-order valence-electron chi connectivity index (χ4n) is 2.07. The Morgan fingerprint density at radius 2 is 1.86 bits per heavy atom. The highest BCUT2D eigenvalue weighted by atomic mass is 16.5. The van der Waals surface area contributed by atoms with Crippen molar-refractivity contribution in [3.8, 4) is 5.75 Å². The van der Waals surface area contributed by atoms with Gasteiger partial charge in [-0.2, -0.15) is 0 Å². The van der Waals surface area contributed by atoms with E-state index in [1.807, 2.05) is 32.0 Å². The fourth-order valence-corrected chi connectivity index (χ4v) is 2.07. The van der Waals surface area contributed by atoms with Crippen molar-refractivity contribution in [2.75, 3.05) is 40.0 Å². The minimum Gasteiger partial charge on any atom is -0.494 e. The van der Waals surface area contributed by atoms with Gasteiger partial charge in [0, 0.05) is 33.4 Å². The molecule has 0 unspecified atom stereocenters. The lowest BCUT2D eigenvalue weighted by Gasteiger charge is -2.13. The van der Waals surface area contributed by atoms with E-state index < -0.39 is 0 Å². The lowest BCUT2D eigenvalue weighted by Crippen LogP contribution is -2.39. The monoisotopic (exact) mass is 307 g/mol. The molecule has 0 heterocycles. The van der Waals surface area contributed by atoms with Crippen molar-refractivity contribution >= 4 is 5.96 Å². The Bertz CT molecular complexity index is 436. The first kappa shape index (κ1) is 18.3. The van der Waals surface area contributed by atoms with Gasteiger partial charge in [-0.15, -0.1) is 0 Å². The van der Waals surface area contributed by atoms with Gasteiger partial charge >= 0.3 is 0 Å². The molecule has 1 aromatic carbocycles. The van der Waals surface area contributed by atoms with E-state index in [0.29, 0.717) is 6.61 Å². The molecule has 0 spiro atoms. The topological polar surface area (TPSA) is 54.9 Å². The highest BCUT2D eigenvalue weighted by Gasteiger charge is 2.03. The van der Waals surface area contributed by atoms with Crippen molar-refractivity contribution in [1.29, 1.82) is 0 Å². The second-order valence-corrected chi connectivity index (χ2v) is 4.77. The molecule has 0 saturated heterocycles. The van der Waals surface area contributed by atoms with Gasteiger partial charge < -0.3 is 20.1 Å². The lowest BCUT2D eigenvalue weighted by atomic mass is 10.1. The summed E-state index contributed by atoms with van der Waals surface area (Å²) in [4.78, 5) is 4.22. The first-order valence-electron chi connectivity index (χ1n) is 8.04. The molecule has 0 aliphatic heterocycles. The molecule has 22 heavy (non-hydrogen) atoms. The summed E-state index contributed by atoms with van der Waals surface area (Å²) >= 11 is 0. The average molecular weight is 307 g/mol. The van der Waals surface area contributed by atoms with Crippen LogP contribution in [-0.2, 0) is 11.2 Å². The Labute approximate surface area is 134 Å². The number of benzene rings is 1. The van der Waals surface area contributed by atoms with Crippen LogP contribution in [0.5, 0.6) is 5.75 Å². The summed E-state index contributed by atoms with van der Waals surface area (Å²) in [5, 5.41) is 6.60. The van der Waals surface area contributed by atoms with Crippen molar-refractivity contribution in [3.05, 3.63) is 29.8 Å². The molecular weight excluding hydrogens is 278 g/mol. The average Bonchev–Trinajstić information content (AvgIpc) is 2.54. The molecule has 0 aromatic heterocycles. The van der Waals surface area contributed by atoms with Crippen molar-refractivity contribution in [3.63, 3.8) is 0 Å². The van der Waals surface area contributed by atoms with Gasteiger partial charge in [-0.1, -0.05) is 18.2 Å². The first-order chi connectivity index (χ1) is 10.8. The summed E-state index contributed by atoms with van der Waals surface area (Å²) in [7, 11) is 1.78. The van der Waals surface area contributed by atoms with Crippen LogP contribution >= 0.6 is 0 Å². The number of nitrogens with zero attached hydrogens (tertiary/aromatic N) is 1. The molecule has 0 radical (unpaired) electrons. The predicted molar refractivity (Wildman–Crippen MR) is 91.8 cm³/mol. The Balaban J connectivity index is 2.29. The maximum atomic E-state index is 5.64. The number of hydrogen-bond donors (Lipinski definition) is 2. The van der Waals surface area contributed by atoms with E-state index >= 15 is 0 Å². The van der Waals surface area contributed by atoms with E-state index in [9.17, 15) is 0 Å². The summed E-state index contributed by atoms with van der Waals surface area (Å²) < 4.78 is 10.9. The van der Waals surface area contributed by atoms with Crippen molar-refractivity contribution < 1.29 is 9.47 Å². The molecule has 0 amide bonds. The van der Waals surface area contributed by atoms with Gasteiger partial charge in [-0.3, -0.25) is 4.99 Å². The zero-order valence-corrected chi connectivity index (χ0v) is 14.0. The molecular formula is C17H29N3O2. The largest absolute Gasteiger partial charge is 0.494 e. The van der Waals surface area contributed by atoms with Gasteiger partial charge in [0.25, 0.3) is 0 Å². The van der Waals surface area contributed by atoms with E-state index in [-0.39, 0.29) is 0 Å². The highest BCUT2D eigenvalue weighted by Crippen LogP contribution is 2.17. The maximum absolute atomic E-state index is 5.64. The molecule has 0 atom stereocenters. The van der Waals surface area contributed by atoms with Crippen LogP contribution < -0.4 is 15.4 Å². The third-order valence-corrected chi connectivity index (χ3v) is 3.14. The Morgan fingerprint density at radius 3 is 2.59 bits per heavy atom. The normalized spacial score (nSPS) is 11.3. The van der Waals surface area contributed by atoms with Crippen LogP contribution in [0.15, 0.2) is 29.3 Å². The summed E-state index contributed by atoms with van der Waals surface area (Å²) in [5.74, 6) is 1.79. The smallest absolute Gasteiger partial charge is 0.190 e. The number of rotatable bonds is 10. The second kappa shape index (κ2) is 11.9. The lowest BCUT2D eigenvalue weighted by molar-refractivity contribution is 0.145. The van der Waals surface area contributed by atoms with Gasteiger partial charge in [0.15, 0.2) is 5.96 Å². The maximum Gasteiger partial charge on any atom is 0.190 e. The zero-order chi connectivity index (χ0) is 16.0. The van der Waals surface area contributed by atoms with Crippen LogP contribution in [0.2, 0.25) is 0 Å². The molecule has 5 nitrogen and oxygen atoms in total. The summed E-state index contributed by atoms with van der Waals surface area (Å²) in [6.45, 7) is 7.92. The molecule has 124 valence electrons. The van der Waals surface area contributed by atoms with Gasteiger partial charge in [-0.25, -0.2) is 0 Å². The van der Waals surface area contributed by atoms with E-state index in [2.05, 4.69) is 21.7 Å². The molecule has 0 aliphatic carbocycles. The fraction of sp³-hybridized carbons (Fsp3) is 0.588. The van der Waals surface area contributed by atoms with E-state index in [0.717, 1.165) is 50.9 Å².